The first-order valence-corrected chi connectivity index (χ1v) is 9.43. The number of nitrogens with one attached hydrogen (secondary N) is 2. The smallest absolute Gasteiger partial charge is 0.246 e. The van der Waals surface area contributed by atoms with Crippen molar-refractivity contribution < 1.29 is 9.53 Å². The number of rotatable bonds is 7. The van der Waals surface area contributed by atoms with Crippen molar-refractivity contribution >= 4 is 23.2 Å². The lowest BCUT2D eigenvalue weighted by atomic mass is 10.1. The number of aryl methyl sites for hydroxylation is 1. The van der Waals surface area contributed by atoms with Gasteiger partial charge in [-0.3, -0.25) is 10.1 Å². The Kier molecular flexibility index (Phi) is 6.69. The molecule has 0 heterocycles. The quantitative estimate of drug-likeness (QED) is 0.584. The zero-order valence-electron chi connectivity index (χ0n) is 15.9. The molecule has 144 valence electrons. The minimum absolute atomic E-state index is 0.165. The van der Waals surface area contributed by atoms with Crippen LogP contribution in [0.5, 0.6) is 5.75 Å². The molecular formula is C23H23ClN2O2. The molecule has 4 nitrogen and oxygen atoms in total. The number of methoxy groups -OCH3 is 1. The van der Waals surface area contributed by atoms with E-state index in [1.807, 2.05) is 79.7 Å². The minimum Gasteiger partial charge on any atom is -0.495 e. The molecular weight excluding hydrogens is 372 g/mol. The fourth-order valence-electron chi connectivity index (χ4n) is 2.99. The van der Waals surface area contributed by atoms with Crippen LogP contribution in [-0.4, -0.2) is 13.0 Å². The number of benzene rings is 3. The van der Waals surface area contributed by atoms with Gasteiger partial charge in [-0.25, -0.2) is 0 Å². The van der Waals surface area contributed by atoms with Crippen molar-refractivity contribution in [3.63, 3.8) is 0 Å². The van der Waals surface area contributed by atoms with E-state index in [1.165, 1.54) is 0 Å². The van der Waals surface area contributed by atoms with Gasteiger partial charge in [0, 0.05) is 11.6 Å². The Morgan fingerprint density at radius 2 is 1.75 bits per heavy atom. The monoisotopic (exact) mass is 394 g/mol. The van der Waals surface area contributed by atoms with E-state index in [9.17, 15) is 4.79 Å². The normalized spacial score (nSPS) is 11.7. The summed E-state index contributed by atoms with van der Waals surface area (Å²) < 4.78 is 5.38. The van der Waals surface area contributed by atoms with Gasteiger partial charge >= 0.3 is 0 Å². The van der Waals surface area contributed by atoms with Crippen LogP contribution in [-0.2, 0) is 11.3 Å². The van der Waals surface area contributed by atoms with Gasteiger partial charge in [0.15, 0.2) is 0 Å². The first kappa shape index (κ1) is 19.9. The Morgan fingerprint density at radius 1 is 1.04 bits per heavy atom. The topological polar surface area (TPSA) is 50.4 Å². The molecule has 0 aliphatic rings. The molecule has 0 unspecified atom stereocenters. The molecule has 0 aliphatic carbocycles. The molecule has 0 spiro atoms. The van der Waals surface area contributed by atoms with E-state index in [2.05, 4.69) is 10.6 Å². The fraction of sp³-hybridized carbons (Fsp3) is 0.174. The Bertz CT molecular complexity index is 944. The maximum Gasteiger partial charge on any atom is 0.246 e. The lowest BCUT2D eigenvalue weighted by Gasteiger charge is -2.20. The van der Waals surface area contributed by atoms with Crippen molar-refractivity contribution in [3.05, 3.63) is 94.5 Å². The van der Waals surface area contributed by atoms with Crippen LogP contribution in [0.4, 0.5) is 5.69 Å². The summed E-state index contributed by atoms with van der Waals surface area (Å²) in [5.41, 5.74) is 3.49. The van der Waals surface area contributed by atoms with E-state index in [1.54, 1.807) is 7.11 Å². The molecule has 2 N–H and O–H groups in total. The molecule has 0 radical (unpaired) electrons. The number of ether oxygens (including phenoxy) is 1. The predicted octanol–water partition coefficient (Wildman–Crippen LogP) is 5.13. The van der Waals surface area contributed by atoms with Crippen LogP contribution in [0.15, 0.2) is 72.8 Å². The predicted molar refractivity (Wildman–Crippen MR) is 114 cm³/mol. The van der Waals surface area contributed by atoms with Crippen molar-refractivity contribution in [2.45, 2.75) is 19.5 Å². The molecule has 0 fully saturated rings. The molecule has 0 aliphatic heterocycles. The maximum atomic E-state index is 13.1. The van der Waals surface area contributed by atoms with Crippen LogP contribution < -0.4 is 15.4 Å². The molecule has 28 heavy (non-hydrogen) atoms. The summed E-state index contributed by atoms with van der Waals surface area (Å²) in [6.07, 6.45) is 0. The molecule has 0 saturated carbocycles. The standard InChI is InChI=1S/C23H23ClN2O2/c1-16-12-13-21(28-2)20(14-16)26-23(27)22(17-8-4-3-5-9-17)25-15-18-10-6-7-11-19(18)24/h3-14,22,25H,15H2,1-2H3,(H,26,27)/t22-/m0/s1. The van der Waals surface area contributed by atoms with Crippen molar-refractivity contribution in [1.29, 1.82) is 0 Å². The van der Waals surface area contributed by atoms with Gasteiger partial charge in [0.1, 0.15) is 11.8 Å². The molecule has 5 heteroatoms. The van der Waals surface area contributed by atoms with Gasteiger partial charge in [0.2, 0.25) is 5.91 Å². The van der Waals surface area contributed by atoms with Crippen LogP contribution in [0.1, 0.15) is 22.7 Å². The van der Waals surface area contributed by atoms with Crippen molar-refractivity contribution in [2.75, 3.05) is 12.4 Å². The number of carbonyl (C=O) groups is 1. The average Bonchev–Trinajstić information content (AvgIpc) is 2.70. The lowest BCUT2D eigenvalue weighted by molar-refractivity contribution is -0.118. The highest BCUT2D eigenvalue weighted by Gasteiger charge is 2.21. The zero-order valence-corrected chi connectivity index (χ0v) is 16.7. The molecule has 3 rings (SSSR count). The van der Waals surface area contributed by atoms with Gasteiger partial charge in [0.25, 0.3) is 0 Å². The number of hydrogen-bond acceptors (Lipinski definition) is 3. The first-order chi connectivity index (χ1) is 13.6. The van der Waals surface area contributed by atoms with Crippen molar-refractivity contribution in [1.82, 2.24) is 5.32 Å². The SMILES string of the molecule is COc1ccc(C)cc1NC(=O)[C@@H](NCc1ccccc1Cl)c1ccccc1. The summed E-state index contributed by atoms with van der Waals surface area (Å²) in [5, 5.41) is 6.99. The van der Waals surface area contributed by atoms with Crippen LogP contribution in [0.25, 0.3) is 0 Å². The van der Waals surface area contributed by atoms with Gasteiger partial charge < -0.3 is 10.1 Å². The van der Waals surface area contributed by atoms with E-state index >= 15 is 0 Å². The summed E-state index contributed by atoms with van der Waals surface area (Å²) in [6.45, 7) is 2.44. The highest BCUT2D eigenvalue weighted by Crippen LogP contribution is 2.27. The second kappa shape index (κ2) is 9.40. The fourth-order valence-corrected chi connectivity index (χ4v) is 3.19. The molecule has 3 aromatic carbocycles. The van der Waals surface area contributed by atoms with E-state index in [-0.39, 0.29) is 5.91 Å². The third kappa shape index (κ3) is 4.91. The zero-order chi connectivity index (χ0) is 19.9. The molecule has 0 saturated heterocycles. The van der Waals surface area contributed by atoms with E-state index in [4.69, 9.17) is 16.3 Å². The Balaban J connectivity index is 1.84. The minimum atomic E-state index is -0.539. The van der Waals surface area contributed by atoms with Gasteiger partial charge in [-0.2, -0.15) is 0 Å². The van der Waals surface area contributed by atoms with E-state index < -0.39 is 6.04 Å². The Hall–Kier alpha value is -2.82. The summed E-state index contributed by atoms with van der Waals surface area (Å²) in [7, 11) is 1.59. The largest absolute Gasteiger partial charge is 0.495 e. The van der Waals surface area contributed by atoms with Gasteiger partial charge in [0.05, 0.1) is 12.8 Å². The Labute approximate surface area is 170 Å². The highest BCUT2D eigenvalue weighted by atomic mass is 35.5. The van der Waals surface area contributed by atoms with Crippen LogP contribution in [0.3, 0.4) is 0 Å². The second-order valence-electron chi connectivity index (χ2n) is 6.51. The first-order valence-electron chi connectivity index (χ1n) is 9.05. The molecule has 1 amide bonds. The summed E-state index contributed by atoms with van der Waals surface area (Å²) in [6, 6.07) is 22.4. The van der Waals surface area contributed by atoms with Crippen molar-refractivity contribution in [3.8, 4) is 5.75 Å². The molecule has 3 aromatic rings. The van der Waals surface area contributed by atoms with Crippen LogP contribution in [0.2, 0.25) is 5.02 Å². The number of halogens is 1. The number of anilines is 1. The van der Waals surface area contributed by atoms with E-state index in [0.717, 1.165) is 16.7 Å². The summed E-state index contributed by atoms with van der Waals surface area (Å²) >= 11 is 6.26. The molecule has 1 atom stereocenters. The maximum absolute atomic E-state index is 13.1. The lowest BCUT2D eigenvalue weighted by Crippen LogP contribution is -2.33. The molecule has 0 bridgehead atoms. The third-order valence-corrected chi connectivity index (χ3v) is 4.83. The third-order valence-electron chi connectivity index (χ3n) is 4.46. The van der Waals surface area contributed by atoms with Gasteiger partial charge in [-0.1, -0.05) is 66.2 Å². The molecule has 0 aromatic heterocycles. The second-order valence-corrected chi connectivity index (χ2v) is 6.92. The highest BCUT2D eigenvalue weighted by molar-refractivity contribution is 6.31. The average molecular weight is 395 g/mol. The summed E-state index contributed by atoms with van der Waals surface area (Å²) in [4.78, 5) is 13.1. The van der Waals surface area contributed by atoms with Crippen molar-refractivity contribution in [2.24, 2.45) is 0 Å². The number of hydrogen-bond donors (Lipinski definition) is 2. The number of carbonyl (C=O) groups excluding carboxylic acids is 1. The summed E-state index contributed by atoms with van der Waals surface area (Å²) in [5.74, 6) is 0.457. The van der Waals surface area contributed by atoms with Crippen LogP contribution >= 0.6 is 11.6 Å². The van der Waals surface area contributed by atoms with Gasteiger partial charge in [-0.15, -0.1) is 0 Å². The Morgan fingerprint density at radius 3 is 2.46 bits per heavy atom. The van der Waals surface area contributed by atoms with Gasteiger partial charge in [-0.05, 0) is 41.8 Å². The number of amides is 1. The van der Waals surface area contributed by atoms with E-state index in [0.29, 0.717) is 23.0 Å². The van der Waals surface area contributed by atoms with Crippen LogP contribution in [0, 0.1) is 6.92 Å².